The summed E-state index contributed by atoms with van der Waals surface area (Å²) in [4.78, 5) is 13.3. The Labute approximate surface area is 119 Å². The third-order valence-corrected chi connectivity index (χ3v) is 3.84. The number of carbonyl (C=O) groups is 1. The van der Waals surface area contributed by atoms with E-state index in [0.29, 0.717) is 6.54 Å². The van der Waals surface area contributed by atoms with Crippen molar-refractivity contribution < 1.29 is 4.79 Å². The molecule has 3 rings (SSSR count). The zero-order chi connectivity index (χ0) is 13.9. The van der Waals surface area contributed by atoms with E-state index in [1.54, 1.807) is 4.90 Å². The van der Waals surface area contributed by atoms with Crippen LogP contribution >= 0.6 is 0 Å². The van der Waals surface area contributed by atoms with Crippen molar-refractivity contribution >= 4 is 5.91 Å². The van der Waals surface area contributed by atoms with Crippen LogP contribution < -0.4 is 5.32 Å². The monoisotopic (exact) mass is 266 g/mol. The molecule has 102 valence electrons. The molecule has 0 aromatic heterocycles. The Morgan fingerprint density at radius 2 is 1.70 bits per heavy atom. The van der Waals surface area contributed by atoms with Gasteiger partial charge in [-0.05, 0) is 16.7 Å². The van der Waals surface area contributed by atoms with Gasteiger partial charge in [-0.3, -0.25) is 10.1 Å². The van der Waals surface area contributed by atoms with E-state index in [1.807, 2.05) is 25.2 Å². The van der Waals surface area contributed by atoms with Crippen molar-refractivity contribution in [3.63, 3.8) is 0 Å². The number of hydrogen-bond acceptors (Lipinski definition) is 2. The minimum atomic E-state index is 0.116. The molecule has 2 aromatic rings. The van der Waals surface area contributed by atoms with E-state index in [4.69, 9.17) is 0 Å². The van der Waals surface area contributed by atoms with Crippen molar-refractivity contribution in [2.75, 3.05) is 13.6 Å². The van der Waals surface area contributed by atoms with Crippen LogP contribution in [0.3, 0.4) is 0 Å². The maximum Gasteiger partial charge on any atom is 0.237 e. The van der Waals surface area contributed by atoms with Gasteiger partial charge in [-0.1, -0.05) is 54.6 Å². The molecule has 2 aromatic carbocycles. The van der Waals surface area contributed by atoms with Crippen LogP contribution in [0.25, 0.3) is 11.1 Å². The van der Waals surface area contributed by atoms with Crippen molar-refractivity contribution in [1.82, 2.24) is 10.2 Å². The second kappa shape index (κ2) is 5.47. The number of amides is 1. The van der Waals surface area contributed by atoms with E-state index in [0.717, 1.165) is 6.42 Å². The number of rotatable bonds is 3. The van der Waals surface area contributed by atoms with Crippen LogP contribution in [0.4, 0.5) is 0 Å². The minimum absolute atomic E-state index is 0.116. The standard InChI is InChI=1S/C17H18N2O/c1-19-16(18-12-17(19)20)11-13-7-9-15(10-8-13)14-5-3-2-4-6-14/h2-10,16,18H,11-12H2,1H3. The van der Waals surface area contributed by atoms with Crippen LogP contribution in [0, 0.1) is 0 Å². The smallest absolute Gasteiger partial charge is 0.237 e. The van der Waals surface area contributed by atoms with Crippen molar-refractivity contribution in [1.29, 1.82) is 0 Å². The predicted molar refractivity (Wildman–Crippen MR) is 80.1 cm³/mol. The molecule has 1 aliphatic rings. The third-order valence-electron chi connectivity index (χ3n) is 3.84. The third kappa shape index (κ3) is 2.58. The number of hydrogen-bond donors (Lipinski definition) is 1. The molecule has 0 aliphatic carbocycles. The summed E-state index contributed by atoms with van der Waals surface area (Å²) in [5.41, 5.74) is 3.69. The van der Waals surface area contributed by atoms with Crippen molar-refractivity contribution in [3.8, 4) is 11.1 Å². The average Bonchev–Trinajstić information content (AvgIpc) is 2.81. The highest BCUT2D eigenvalue weighted by Crippen LogP contribution is 2.20. The topological polar surface area (TPSA) is 32.3 Å². The van der Waals surface area contributed by atoms with E-state index in [1.165, 1.54) is 16.7 Å². The first-order valence-corrected chi connectivity index (χ1v) is 6.87. The van der Waals surface area contributed by atoms with Crippen LogP contribution in [0.2, 0.25) is 0 Å². The first-order valence-electron chi connectivity index (χ1n) is 6.87. The summed E-state index contributed by atoms with van der Waals surface area (Å²) in [7, 11) is 1.85. The van der Waals surface area contributed by atoms with E-state index >= 15 is 0 Å². The molecule has 0 spiro atoms. The van der Waals surface area contributed by atoms with Gasteiger partial charge in [0, 0.05) is 13.5 Å². The fourth-order valence-corrected chi connectivity index (χ4v) is 2.54. The fourth-order valence-electron chi connectivity index (χ4n) is 2.54. The van der Waals surface area contributed by atoms with Gasteiger partial charge in [0.15, 0.2) is 0 Å². The average molecular weight is 266 g/mol. The Bertz CT molecular complexity index is 592. The highest BCUT2D eigenvalue weighted by molar-refractivity contribution is 5.80. The maximum atomic E-state index is 11.5. The summed E-state index contributed by atoms with van der Waals surface area (Å²) in [5.74, 6) is 0.163. The van der Waals surface area contributed by atoms with Crippen LogP contribution in [-0.4, -0.2) is 30.6 Å². The van der Waals surface area contributed by atoms with Crippen molar-refractivity contribution in [3.05, 3.63) is 60.2 Å². The number of likely N-dealkylation sites (N-methyl/N-ethyl adjacent to an activating group) is 1. The molecule has 3 heteroatoms. The lowest BCUT2D eigenvalue weighted by molar-refractivity contribution is -0.126. The van der Waals surface area contributed by atoms with Gasteiger partial charge >= 0.3 is 0 Å². The van der Waals surface area contributed by atoms with Gasteiger partial charge in [0.05, 0.1) is 12.7 Å². The largest absolute Gasteiger partial charge is 0.329 e. The lowest BCUT2D eigenvalue weighted by Crippen LogP contribution is -2.35. The Kier molecular flexibility index (Phi) is 3.52. The lowest BCUT2D eigenvalue weighted by Gasteiger charge is -2.19. The first-order chi connectivity index (χ1) is 9.74. The van der Waals surface area contributed by atoms with Crippen molar-refractivity contribution in [2.45, 2.75) is 12.6 Å². The minimum Gasteiger partial charge on any atom is -0.329 e. The Hall–Kier alpha value is -2.13. The second-order valence-electron chi connectivity index (χ2n) is 5.17. The van der Waals surface area contributed by atoms with Crippen LogP contribution in [0.1, 0.15) is 5.56 Å². The molecule has 0 radical (unpaired) electrons. The van der Waals surface area contributed by atoms with E-state index < -0.39 is 0 Å². The normalized spacial score (nSPS) is 18.6. The molecule has 1 atom stereocenters. The predicted octanol–water partition coefficient (Wildman–Crippen LogP) is 2.28. The second-order valence-corrected chi connectivity index (χ2v) is 5.17. The summed E-state index contributed by atoms with van der Waals surface area (Å²) in [6, 6.07) is 18.9. The zero-order valence-electron chi connectivity index (χ0n) is 11.5. The summed E-state index contributed by atoms with van der Waals surface area (Å²) >= 11 is 0. The molecule has 1 saturated heterocycles. The molecule has 0 bridgehead atoms. The Balaban J connectivity index is 1.72. The molecule has 1 heterocycles. The molecule has 1 unspecified atom stereocenters. The molecular formula is C17H18N2O. The molecular weight excluding hydrogens is 248 g/mol. The molecule has 3 nitrogen and oxygen atoms in total. The van der Waals surface area contributed by atoms with Crippen LogP contribution in [-0.2, 0) is 11.2 Å². The van der Waals surface area contributed by atoms with E-state index in [9.17, 15) is 4.79 Å². The number of carbonyl (C=O) groups excluding carboxylic acids is 1. The number of benzene rings is 2. The summed E-state index contributed by atoms with van der Waals surface area (Å²) in [5, 5.41) is 3.23. The highest BCUT2D eigenvalue weighted by atomic mass is 16.2. The Morgan fingerprint density at radius 3 is 2.30 bits per heavy atom. The molecule has 1 N–H and O–H groups in total. The molecule has 1 fully saturated rings. The van der Waals surface area contributed by atoms with Crippen LogP contribution in [0.5, 0.6) is 0 Å². The molecule has 20 heavy (non-hydrogen) atoms. The van der Waals surface area contributed by atoms with Gasteiger partial charge in [0.1, 0.15) is 0 Å². The van der Waals surface area contributed by atoms with Crippen LogP contribution in [0.15, 0.2) is 54.6 Å². The van der Waals surface area contributed by atoms with Gasteiger partial charge in [-0.25, -0.2) is 0 Å². The number of nitrogens with one attached hydrogen (secondary N) is 1. The molecule has 0 saturated carbocycles. The molecule has 1 amide bonds. The van der Waals surface area contributed by atoms with Crippen molar-refractivity contribution in [2.24, 2.45) is 0 Å². The zero-order valence-corrected chi connectivity index (χ0v) is 11.5. The first kappa shape index (κ1) is 12.9. The van der Waals surface area contributed by atoms with Gasteiger partial charge in [-0.15, -0.1) is 0 Å². The van der Waals surface area contributed by atoms with E-state index in [2.05, 4.69) is 41.7 Å². The maximum absolute atomic E-state index is 11.5. The quantitative estimate of drug-likeness (QED) is 0.924. The fraction of sp³-hybridized carbons (Fsp3) is 0.235. The lowest BCUT2D eigenvalue weighted by atomic mass is 10.0. The summed E-state index contributed by atoms with van der Waals surface area (Å²) in [6.45, 7) is 0.448. The van der Waals surface area contributed by atoms with Gasteiger partial charge in [0.25, 0.3) is 0 Å². The van der Waals surface area contributed by atoms with Gasteiger partial charge in [0.2, 0.25) is 5.91 Å². The molecule has 1 aliphatic heterocycles. The van der Waals surface area contributed by atoms with E-state index in [-0.39, 0.29) is 12.1 Å². The summed E-state index contributed by atoms with van der Waals surface area (Å²) < 4.78 is 0. The SMILES string of the molecule is CN1C(=O)CNC1Cc1ccc(-c2ccccc2)cc1. The Morgan fingerprint density at radius 1 is 1.05 bits per heavy atom. The highest BCUT2D eigenvalue weighted by Gasteiger charge is 2.26. The van der Waals surface area contributed by atoms with Gasteiger partial charge < -0.3 is 4.90 Å². The number of nitrogens with zero attached hydrogens (tertiary/aromatic N) is 1. The van der Waals surface area contributed by atoms with Gasteiger partial charge in [-0.2, -0.15) is 0 Å². The summed E-state index contributed by atoms with van der Waals surface area (Å²) in [6.07, 6.45) is 0.960.